The summed E-state index contributed by atoms with van der Waals surface area (Å²) in [6, 6.07) is 9.06. The lowest BCUT2D eigenvalue weighted by molar-refractivity contribution is -0.126. The molecule has 1 aliphatic rings. The molecule has 2 aromatic rings. The van der Waals surface area contributed by atoms with Crippen molar-refractivity contribution in [2.45, 2.75) is 37.6 Å². The van der Waals surface area contributed by atoms with E-state index in [1.54, 1.807) is 12.3 Å². The molecule has 7 nitrogen and oxygen atoms in total. The van der Waals surface area contributed by atoms with Crippen molar-refractivity contribution < 1.29 is 17.6 Å². The van der Waals surface area contributed by atoms with Crippen LogP contribution in [0.2, 0.25) is 0 Å². The second-order valence-corrected chi connectivity index (χ2v) is 10.1. The number of carbonyl (C=O) groups excluding carboxylic acids is 1. The average Bonchev–Trinajstić information content (AvgIpc) is 3.22. The molecule has 30 heavy (non-hydrogen) atoms. The molecule has 1 fully saturated rings. The Morgan fingerprint density at radius 3 is 2.50 bits per heavy atom. The lowest BCUT2D eigenvalue weighted by Gasteiger charge is -2.31. The SMILES string of the molecule is Cc1ccc(S(=O)(=O)N2CCC(C(=O)NCC(c3ccco3)N(C)C)CC2)c(C)c1. The number of aryl methyl sites for hydroxylation is 2. The number of amides is 1. The summed E-state index contributed by atoms with van der Waals surface area (Å²) in [5, 5.41) is 3.01. The number of sulfonamides is 1. The molecule has 0 bridgehead atoms. The third kappa shape index (κ3) is 4.94. The molecule has 2 heterocycles. The Bertz CT molecular complexity index is 962. The number of rotatable bonds is 7. The van der Waals surface area contributed by atoms with Crippen LogP contribution in [-0.2, 0) is 14.8 Å². The Hall–Kier alpha value is -2.16. The van der Waals surface area contributed by atoms with Crippen LogP contribution in [0.25, 0.3) is 0 Å². The Morgan fingerprint density at radius 1 is 1.23 bits per heavy atom. The highest BCUT2D eigenvalue weighted by atomic mass is 32.2. The lowest BCUT2D eigenvalue weighted by Crippen LogP contribution is -2.44. The molecule has 1 aromatic carbocycles. The highest BCUT2D eigenvalue weighted by Crippen LogP contribution is 2.26. The van der Waals surface area contributed by atoms with E-state index in [-0.39, 0.29) is 17.9 Å². The standard InChI is InChI=1S/C22H31N3O4S/c1-16-7-8-21(17(2)14-16)30(27,28)25-11-9-18(10-12-25)22(26)23-15-19(24(3)4)20-6-5-13-29-20/h5-8,13-14,18-19H,9-12,15H2,1-4H3,(H,23,26). The topological polar surface area (TPSA) is 82.9 Å². The van der Waals surface area contributed by atoms with Crippen molar-refractivity contribution in [2.24, 2.45) is 5.92 Å². The molecule has 0 saturated carbocycles. The van der Waals surface area contributed by atoms with Gasteiger partial charge in [-0.05, 0) is 64.5 Å². The zero-order chi connectivity index (χ0) is 21.9. The number of piperidine rings is 1. The maximum Gasteiger partial charge on any atom is 0.243 e. The Morgan fingerprint density at radius 2 is 1.93 bits per heavy atom. The van der Waals surface area contributed by atoms with Crippen molar-refractivity contribution in [3.05, 3.63) is 53.5 Å². The van der Waals surface area contributed by atoms with Crippen LogP contribution in [0.5, 0.6) is 0 Å². The van der Waals surface area contributed by atoms with Crippen LogP contribution in [0.1, 0.15) is 35.8 Å². The number of furan rings is 1. The van der Waals surface area contributed by atoms with E-state index in [9.17, 15) is 13.2 Å². The predicted molar refractivity (Wildman–Crippen MR) is 116 cm³/mol. The molecular weight excluding hydrogens is 402 g/mol. The van der Waals surface area contributed by atoms with Crippen LogP contribution < -0.4 is 5.32 Å². The summed E-state index contributed by atoms with van der Waals surface area (Å²) < 4.78 is 33.0. The third-order valence-electron chi connectivity index (χ3n) is 5.74. The fraction of sp³-hybridized carbons (Fsp3) is 0.500. The molecule has 1 aliphatic heterocycles. The molecule has 1 atom stereocenters. The van der Waals surface area contributed by atoms with E-state index in [0.717, 1.165) is 16.9 Å². The van der Waals surface area contributed by atoms with Gasteiger partial charge in [0.2, 0.25) is 15.9 Å². The van der Waals surface area contributed by atoms with E-state index >= 15 is 0 Å². The highest BCUT2D eigenvalue weighted by Gasteiger charge is 2.33. The largest absolute Gasteiger partial charge is 0.468 e. The van der Waals surface area contributed by atoms with Gasteiger partial charge in [-0.2, -0.15) is 4.31 Å². The van der Waals surface area contributed by atoms with Gasteiger partial charge in [0.1, 0.15) is 5.76 Å². The molecule has 0 spiro atoms. The number of benzene rings is 1. The smallest absolute Gasteiger partial charge is 0.243 e. The fourth-order valence-electron chi connectivity index (χ4n) is 3.95. The minimum Gasteiger partial charge on any atom is -0.468 e. The molecule has 1 saturated heterocycles. The van der Waals surface area contributed by atoms with E-state index in [2.05, 4.69) is 5.32 Å². The third-order valence-corrected chi connectivity index (χ3v) is 7.80. The first-order valence-corrected chi connectivity index (χ1v) is 11.7. The zero-order valence-corrected chi connectivity index (χ0v) is 18.9. The fourth-order valence-corrected chi connectivity index (χ4v) is 5.62. The Balaban J connectivity index is 1.57. The molecule has 0 radical (unpaired) electrons. The Kier molecular flexibility index (Phi) is 7.00. The normalized spacial score (nSPS) is 17.2. The minimum atomic E-state index is -3.54. The van der Waals surface area contributed by atoms with Gasteiger partial charge < -0.3 is 9.73 Å². The molecule has 1 amide bonds. The zero-order valence-electron chi connectivity index (χ0n) is 18.1. The number of nitrogens with one attached hydrogen (secondary N) is 1. The maximum atomic E-state index is 13.0. The van der Waals surface area contributed by atoms with Gasteiger partial charge in [0.25, 0.3) is 0 Å². The van der Waals surface area contributed by atoms with Gasteiger partial charge in [-0.1, -0.05) is 17.7 Å². The molecule has 1 unspecified atom stereocenters. The predicted octanol–water partition coefficient (Wildman–Crippen LogP) is 2.72. The molecule has 1 aromatic heterocycles. The number of hydrogen-bond acceptors (Lipinski definition) is 5. The van der Waals surface area contributed by atoms with Crippen molar-refractivity contribution in [1.29, 1.82) is 0 Å². The monoisotopic (exact) mass is 433 g/mol. The number of hydrogen-bond donors (Lipinski definition) is 1. The lowest BCUT2D eigenvalue weighted by atomic mass is 9.97. The van der Waals surface area contributed by atoms with Crippen molar-refractivity contribution in [3.63, 3.8) is 0 Å². The van der Waals surface area contributed by atoms with Gasteiger partial charge in [0, 0.05) is 25.6 Å². The van der Waals surface area contributed by atoms with E-state index in [1.807, 2.05) is 57.1 Å². The second kappa shape index (κ2) is 9.32. The molecule has 1 N–H and O–H groups in total. The summed E-state index contributed by atoms with van der Waals surface area (Å²) in [6.45, 7) is 4.91. The van der Waals surface area contributed by atoms with Gasteiger partial charge in [0.05, 0.1) is 17.2 Å². The number of likely N-dealkylation sites (N-methyl/N-ethyl adjacent to an activating group) is 1. The summed E-state index contributed by atoms with van der Waals surface area (Å²) in [5.41, 5.74) is 1.79. The summed E-state index contributed by atoms with van der Waals surface area (Å²) in [7, 11) is 0.338. The van der Waals surface area contributed by atoms with Crippen LogP contribution in [0.15, 0.2) is 45.9 Å². The van der Waals surface area contributed by atoms with E-state index in [0.29, 0.717) is 37.4 Å². The molecule has 3 rings (SSSR count). The van der Waals surface area contributed by atoms with Crippen molar-refractivity contribution >= 4 is 15.9 Å². The van der Waals surface area contributed by atoms with Gasteiger partial charge in [-0.3, -0.25) is 9.69 Å². The van der Waals surface area contributed by atoms with E-state index < -0.39 is 10.0 Å². The van der Waals surface area contributed by atoms with Crippen LogP contribution in [0, 0.1) is 19.8 Å². The molecule has 8 heteroatoms. The quantitative estimate of drug-likeness (QED) is 0.726. The molecule has 0 aliphatic carbocycles. The van der Waals surface area contributed by atoms with Crippen LogP contribution >= 0.6 is 0 Å². The van der Waals surface area contributed by atoms with E-state index in [1.165, 1.54) is 4.31 Å². The van der Waals surface area contributed by atoms with Crippen molar-refractivity contribution in [2.75, 3.05) is 33.7 Å². The first-order chi connectivity index (χ1) is 14.2. The summed E-state index contributed by atoms with van der Waals surface area (Å²) >= 11 is 0. The second-order valence-electron chi connectivity index (χ2n) is 8.19. The first-order valence-electron chi connectivity index (χ1n) is 10.2. The van der Waals surface area contributed by atoms with Crippen molar-refractivity contribution in [3.8, 4) is 0 Å². The van der Waals surface area contributed by atoms with Crippen molar-refractivity contribution in [1.82, 2.24) is 14.5 Å². The van der Waals surface area contributed by atoms with Gasteiger partial charge in [0.15, 0.2) is 0 Å². The first kappa shape index (κ1) is 22.5. The van der Waals surface area contributed by atoms with E-state index in [4.69, 9.17) is 4.42 Å². The molecular formula is C22H31N3O4S. The summed E-state index contributed by atoms with van der Waals surface area (Å²) in [4.78, 5) is 15.0. The summed E-state index contributed by atoms with van der Waals surface area (Å²) in [5.74, 6) is 0.585. The van der Waals surface area contributed by atoms with Gasteiger partial charge in [-0.15, -0.1) is 0 Å². The highest BCUT2D eigenvalue weighted by molar-refractivity contribution is 7.89. The Labute approximate surface area is 179 Å². The molecule has 164 valence electrons. The average molecular weight is 434 g/mol. The number of nitrogens with zero attached hydrogens (tertiary/aromatic N) is 2. The summed E-state index contributed by atoms with van der Waals surface area (Å²) in [6.07, 6.45) is 2.66. The van der Waals surface area contributed by atoms with Gasteiger partial charge >= 0.3 is 0 Å². The minimum absolute atomic E-state index is 0.0306. The van der Waals surface area contributed by atoms with Crippen LogP contribution in [0.3, 0.4) is 0 Å². The van der Waals surface area contributed by atoms with Crippen LogP contribution in [-0.4, -0.2) is 57.3 Å². The number of carbonyl (C=O) groups is 1. The van der Waals surface area contributed by atoms with Crippen LogP contribution in [0.4, 0.5) is 0 Å². The van der Waals surface area contributed by atoms with Gasteiger partial charge in [-0.25, -0.2) is 8.42 Å². The maximum absolute atomic E-state index is 13.0.